The molecule has 0 heterocycles. The molecule has 0 spiro atoms. The first kappa shape index (κ1) is 66.4. The van der Waals surface area contributed by atoms with Gasteiger partial charge in [0.15, 0.2) is 0 Å². The summed E-state index contributed by atoms with van der Waals surface area (Å²) in [5.41, 5.74) is 1.19. The predicted molar refractivity (Wildman–Crippen MR) is 311 cm³/mol. The monoisotopic (exact) mass is 1300 g/mol. The number of amides is 4. The Balaban J connectivity index is 0.000000240. The number of fused-ring (bicyclic) bond motifs is 4. The summed E-state index contributed by atoms with van der Waals surface area (Å²) in [6, 6.07) is 43.8. The van der Waals surface area contributed by atoms with Gasteiger partial charge in [0.25, 0.3) is 40.3 Å². The van der Waals surface area contributed by atoms with Crippen LogP contribution in [0.5, 0.6) is 0 Å². The fourth-order valence-corrected chi connectivity index (χ4v) is 12.5. The Hall–Kier alpha value is -7.08. The van der Waals surface area contributed by atoms with Crippen LogP contribution in [0.25, 0.3) is 43.1 Å². The molecule has 4 amide bonds. The summed E-state index contributed by atoms with van der Waals surface area (Å²) >= 11 is 0. The van der Waals surface area contributed by atoms with E-state index in [1.165, 1.54) is 97.1 Å². The largest absolute Gasteiger partial charge is 1.00 e. The van der Waals surface area contributed by atoms with Crippen molar-refractivity contribution in [3.05, 3.63) is 194 Å². The van der Waals surface area contributed by atoms with E-state index in [1.54, 1.807) is 72.8 Å². The van der Waals surface area contributed by atoms with Crippen LogP contribution in [0.4, 0.5) is 43.7 Å². The summed E-state index contributed by atoms with van der Waals surface area (Å²) in [7, 11) is -26.7. The Labute approximate surface area is 536 Å². The average molecular weight is 1300 g/mol. The van der Waals surface area contributed by atoms with Gasteiger partial charge in [-0.1, -0.05) is 60.7 Å². The van der Waals surface area contributed by atoms with Crippen molar-refractivity contribution in [3.63, 3.8) is 0 Å². The molecule has 0 aliphatic carbocycles. The molecule has 24 nitrogen and oxygen atoms in total. The third-order valence-corrected chi connectivity index (χ3v) is 18.4. The van der Waals surface area contributed by atoms with Crippen molar-refractivity contribution in [1.82, 2.24) is 0 Å². The Bertz CT molecular complexity index is 4770. The molecule has 8 N–H and O–H groups in total. The number of sulfonamides is 2. The molecule has 0 bridgehead atoms. The number of nitrogens with one attached hydrogen (secondary N) is 6. The zero-order valence-corrected chi connectivity index (χ0v) is 53.3. The predicted octanol–water partition coefficient (Wildman–Crippen LogP) is 3.19. The van der Waals surface area contributed by atoms with Crippen molar-refractivity contribution >= 4 is 150 Å². The van der Waals surface area contributed by atoms with Crippen LogP contribution < -0.4 is 89.8 Å². The quantitative estimate of drug-likeness (QED) is 0.0572. The first-order valence-corrected chi connectivity index (χ1v) is 32.4. The van der Waals surface area contributed by atoms with Gasteiger partial charge in [0.2, 0.25) is 0 Å². The summed E-state index contributed by atoms with van der Waals surface area (Å²) in [5, 5.41) is 15.0. The summed E-state index contributed by atoms with van der Waals surface area (Å²) in [5.74, 6) is 0. The number of benzene rings is 10. The van der Waals surface area contributed by atoms with Crippen molar-refractivity contribution in [3.8, 4) is 0 Å². The minimum atomic E-state index is -4.65. The molecule has 0 radical (unpaired) electrons. The van der Waals surface area contributed by atoms with E-state index in [1.807, 2.05) is 0 Å². The van der Waals surface area contributed by atoms with Crippen molar-refractivity contribution in [2.45, 2.75) is 29.4 Å². The zero-order valence-electron chi connectivity index (χ0n) is 44.4. The Kier molecular flexibility index (Phi) is 20.2. The van der Waals surface area contributed by atoms with Gasteiger partial charge in [0.05, 0.1) is 40.7 Å². The number of anilines is 6. The van der Waals surface area contributed by atoms with Crippen molar-refractivity contribution in [2.75, 3.05) is 30.7 Å². The first-order valence-electron chi connectivity index (χ1n) is 23.8. The van der Waals surface area contributed by atoms with Gasteiger partial charge in [0.1, 0.15) is 20.2 Å². The van der Waals surface area contributed by atoms with Crippen LogP contribution in [0.3, 0.4) is 0 Å². The summed E-state index contributed by atoms with van der Waals surface area (Å²) in [6.45, 7) is 0. The molecular weight excluding hydrogens is 1260 g/mol. The second-order valence-electron chi connectivity index (χ2n) is 18.2. The molecule has 0 unspecified atom stereocenters. The molecule has 0 saturated heterocycles. The van der Waals surface area contributed by atoms with Crippen LogP contribution in [0.2, 0.25) is 0 Å². The average Bonchev–Trinajstić information content (AvgIpc) is 2.04. The number of hydrogen-bond acceptors (Lipinski definition) is 16. The molecule has 0 aliphatic heterocycles. The van der Waals surface area contributed by atoms with Gasteiger partial charge in [-0.2, -0.15) is 16.8 Å². The molecule has 0 atom stereocenters. The second kappa shape index (κ2) is 26.1. The van der Waals surface area contributed by atoms with Gasteiger partial charge in [-0.15, -0.1) is 0 Å². The third kappa shape index (κ3) is 16.7. The van der Waals surface area contributed by atoms with E-state index in [0.717, 1.165) is 24.3 Å². The number of carbonyl (C=O) groups is 2. The van der Waals surface area contributed by atoms with Crippen LogP contribution >= 0.6 is 0 Å². The molecular formula is C54H40N6Na2O18S6. The molecule has 0 fully saturated rings. The van der Waals surface area contributed by atoms with Gasteiger partial charge >= 0.3 is 71.2 Å². The van der Waals surface area contributed by atoms with E-state index >= 15 is 0 Å². The summed E-state index contributed by atoms with van der Waals surface area (Å²) in [6.07, 6.45) is 0. The van der Waals surface area contributed by atoms with E-state index < -0.39 is 92.2 Å². The normalized spacial score (nSPS) is 12.0. The van der Waals surface area contributed by atoms with Gasteiger partial charge in [-0.05, 0) is 177 Å². The number of urea groups is 2. The van der Waals surface area contributed by atoms with Crippen LogP contribution in [-0.2, 0) is 60.5 Å². The summed E-state index contributed by atoms with van der Waals surface area (Å²) in [4.78, 5) is 23.3. The first-order chi connectivity index (χ1) is 39.3. The maximum absolute atomic E-state index is 13.0. The fourth-order valence-electron chi connectivity index (χ4n) is 8.31. The molecule has 32 heteroatoms. The smallest absolute Gasteiger partial charge is 0.744 e. The SMILES string of the molecule is O=C(Nc1ccc2ccc(S(=O)(=O)[O-])cc2c1)Nc1ccc2ccc(S(=O)(=O)Nc3cccc(S(=O)(=O)O)c3)cc2c1.O=C(Nc1ccc2ccc(S(=O)(=O)[O-])cc2c1)Nc1ccc2ccc(S(=O)(=O)Nc3cccc(S(=O)(=O)O)c3)cc2c1.[Na+].[Na+]. The van der Waals surface area contributed by atoms with E-state index in [4.69, 9.17) is 0 Å². The van der Waals surface area contributed by atoms with Gasteiger partial charge < -0.3 is 30.4 Å². The van der Waals surface area contributed by atoms with Crippen molar-refractivity contribution in [1.29, 1.82) is 0 Å². The molecule has 0 aliphatic rings. The zero-order chi connectivity index (χ0) is 60.6. The van der Waals surface area contributed by atoms with Gasteiger partial charge in [-0.25, -0.2) is 43.3 Å². The van der Waals surface area contributed by atoms with E-state index in [-0.39, 0.29) is 80.3 Å². The molecule has 0 aromatic heterocycles. The molecule has 0 saturated carbocycles. The van der Waals surface area contributed by atoms with Crippen LogP contribution in [0.15, 0.2) is 223 Å². The molecule has 10 aromatic rings. The Morgan fingerprint density at radius 3 is 0.814 bits per heavy atom. The van der Waals surface area contributed by atoms with Crippen LogP contribution in [-0.4, -0.2) is 80.8 Å². The topological polar surface area (TPSA) is 398 Å². The van der Waals surface area contributed by atoms with Gasteiger partial charge in [-0.3, -0.25) is 18.5 Å². The van der Waals surface area contributed by atoms with Gasteiger partial charge in [0, 0.05) is 22.7 Å². The molecule has 10 rings (SSSR count). The van der Waals surface area contributed by atoms with Crippen molar-refractivity contribution in [2.24, 2.45) is 0 Å². The molecule has 432 valence electrons. The molecule has 10 aromatic carbocycles. The summed E-state index contributed by atoms with van der Waals surface area (Å²) < 4.78 is 189. The number of hydrogen-bond donors (Lipinski definition) is 8. The third-order valence-electron chi connectivity index (χ3n) is 12.2. The Morgan fingerprint density at radius 1 is 0.291 bits per heavy atom. The minimum absolute atomic E-state index is 0. The number of carbonyl (C=O) groups excluding carboxylic acids is 2. The van der Waals surface area contributed by atoms with Crippen molar-refractivity contribution < 1.29 is 137 Å². The second-order valence-corrected chi connectivity index (χ2v) is 27.1. The molecule has 86 heavy (non-hydrogen) atoms. The van der Waals surface area contributed by atoms with Crippen LogP contribution in [0, 0.1) is 0 Å². The van der Waals surface area contributed by atoms with E-state index in [0.29, 0.717) is 65.8 Å². The van der Waals surface area contributed by atoms with Crippen LogP contribution in [0.1, 0.15) is 0 Å². The maximum atomic E-state index is 13.0. The maximum Gasteiger partial charge on any atom is 1.00 e. The standard InChI is InChI=1S/2C27H21N3O9S3.2Na/c2*31-27(29-22-9-5-18-7-11-26(42(37,38)39)15-20(18)13-22)28-21-8-4-17-6-10-24(14-19(17)12-21)40(32,33)30-23-2-1-3-25(16-23)41(34,35)36;;/h2*1-16,30H,(H2,28,29,31)(H,34,35,36)(H,37,38,39);;/q;;2*+1/p-2. The van der Waals surface area contributed by atoms with E-state index in [2.05, 4.69) is 30.7 Å². The minimum Gasteiger partial charge on any atom is -0.744 e. The fraction of sp³-hybridized carbons (Fsp3) is 0. The van der Waals surface area contributed by atoms with E-state index in [9.17, 15) is 78.3 Å². The number of rotatable bonds is 14. The Morgan fingerprint density at radius 2 is 0.547 bits per heavy atom.